The van der Waals surface area contributed by atoms with E-state index in [0.717, 1.165) is 0 Å². The lowest BCUT2D eigenvalue weighted by Crippen LogP contribution is -2.05. The molecule has 0 unspecified atom stereocenters. The quantitative estimate of drug-likeness (QED) is 0.306. The highest BCUT2D eigenvalue weighted by Crippen LogP contribution is 1.82. The molecule has 4 nitrogen and oxygen atoms in total. The second-order valence-electron chi connectivity index (χ2n) is 0.933. The molecular formula is C4H8O4. The van der Waals surface area contributed by atoms with Crippen LogP contribution in [-0.2, 0) is 14.5 Å². The van der Waals surface area contributed by atoms with Gasteiger partial charge in [0.25, 0.3) is 0 Å². The van der Waals surface area contributed by atoms with E-state index in [0.29, 0.717) is 6.61 Å². The number of carbonyl (C=O) groups is 1. The third-order valence-electron chi connectivity index (χ3n) is 0.414. The van der Waals surface area contributed by atoms with Crippen LogP contribution in [0.5, 0.6) is 0 Å². The van der Waals surface area contributed by atoms with Crippen LogP contribution in [0.25, 0.3) is 0 Å². The monoisotopic (exact) mass is 120 g/mol. The molecule has 0 fully saturated rings. The summed E-state index contributed by atoms with van der Waals surface area (Å²) in [5.74, 6) is 0. The van der Waals surface area contributed by atoms with Crippen LogP contribution in [0.1, 0.15) is 6.92 Å². The number of carbonyl (C=O) groups excluding carboxylic acids is 1. The number of hydrogen-bond donors (Lipinski definition) is 0. The van der Waals surface area contributed by atoms with E-state index in [1.165, 1.54) is 7.11 Å². The van der Waals surface area contributed by atoms with E-state index in [1.54, 1.807) is 6.92 Å². The van der Waals surface area contributed by atoms with Gasteiger partial charge in [0.1, 0.15) is 0 Å². The van der Waals surface area contributed by atoms with Gasteiger partial charge in [0.2, 0.25) is 0 Å². The first-order chi connectivity index (χ1) is 3.81. The molecule has 0 bridgehead atoms. The largest absolute Gasteiger partial charge is 0.540 e. The third-order valence-corrected chi connectivity index (χ3v) is 0.414. The van der Waals surface area contributed by atoms with Crippen LogP contribution >= 0.6 is 0 Å². The molecule has 0 aliphatic rings. The Bertz CT molecular complexity index is 62.4. The fraction of sp³-hybridized carbons (Fsp3) is 0.750. The molecule has 0 saturated carbocycles. The molecule has 0 aromatic carbocycles. The maximum Gasteiger partial charge on any atom is 0.540 e. The van der Waals surface area contributed by atoms with Gasteiger partial charge in [-0.15, -0.1) is 0 Å². The van der Waals surface area contributed by atoms with Gasteiger partial charge in [-0.3, -0.25) is 4.89 Å². The summed E-state index contributed by atoms with van der Waals surface area (Å²) in [7, 11) is 1.23. The highest BCUT2D eigenvalue weighted by Gasteiger charge is 1.98. The van der Waals surface area contributed by atoms with Gasteiger partial charge in [-0.2, -0.15) is 4.89 Å². The second kappa shape index (κ2) is 4.39. The summed E-state index contributed by atoms with van der Waals surface area (Å²) >= 11 is 0. The summed E-state index contributed by atoms with van der Waals surface area (Å²) in [4.78, 5) is 18.0. The highest BCUT2D eigenvalue weighted by atomic mass is 17.2. The Morgan fingerprint density at radius 3 is 2.62 bits per heavy atom. The molecule has 0 spiro atoms. The van der Waals surface area contributed by atoms with Crippen molar-refractivity contribution in [1.29, 1.82) is 0 Å². The Kier molecular flexibility index (Phi) is 3.97. The van der Waals surface area contributed by atoms with Crippen LogP contribution in [-0.4, -0.2) is 19.9 Å². The maximum absolute atomic E-state index is 10.1. The fourth-order valence-corrected chi connectivity index (χ4v) is 0.210. The van der Waals surface area contributed by atoms with Crippen molar-refractivity contribution >= 4 is 6.16 Å². The van der Waals surface area contributed by atoms with Crippen LogP contribution in [0, 0.1) is 0 Å². The first-order valence-electron chi connectivity index (χ1n) is 2.18. The zero-order chi connectivity index (χ0) is 6.41. The van der Waals surface area contributed by atoms with Crippen molar-refractivity contribution in [3.05, 3.63) is 0 Å². The molecule has 0 N–H and O–H groups in total. The predicted octanol–water partition coefficient (Wildman–Crippen LogP) is 0.721. The summed E-state index contributed by atoms with van der Waals surface area (Å²) in [5.41, 5.74) is 0. The zero-order valence-corrected chi connectivity index (χ0v) is 4.84. The molecule has 0 amide bonds. The maximum atomic E-state index is 10.1. The van der Waals surface area contributed by atoms with E-state index < -0.39 is 6.16 Å². The lowest BCUT2D eigenvalue weighted by molar-refractivity contribution is -0.231. The normalized spacial score (nSPS) is 8.25. The van der Waals surface area contributed by atoms with Gasteiger partial charge in [0.05, 0.1) is 13.7 Å². The molecule has 4 heteroatoms. The first kappa shape index (κ1) is 7.23. The van der Waals surface area contributed by atoms with Crippen molar-refractivity contribution in [2.45, 2.75) is 6.92 Å². The van der Waals surface area contributed by atoms with Crippen LogP contribution in [0.2, 0.25) is 0 Å². The molecule has 0 aromatic heterocycles. The van der Waals surface area contributed by atoms with Gasteiger partial charge in [-0.05, 0) is 6.92 Å². The number of rotatable bonds is 2. The standard InChI is InChI=1S/C4H8O4/c1-3-7-4(5)8-6-2/h3H2,1-2H3. The van der Waals surface area contributed by atoms with Crippen molar-refractivity contribution in [1.82, 2.24) is 0 Å². The van der Waals surface area contributed by atoms with Crippen molar-refractivity contribution in [2.24, 2.45) is 0 Å². The van der Waals surface area contributed by atoms with E-state index in [4.69, 9.17) is 0 Å². The Morgan fingerprint density at radius 1 is 1.62 bits per heavy atom. The lowest BCUT2D eigenvalue weighted by atomic mass is 10.9. The minimum Gasteiger partial charge on any atom is -0.433 e. The van der Waals surface area contributed by atoms with E-state index in [2.05, 4.69) is 14.5 Å². The van der Waals surface area contributed by atoms with E-state index >= 15 is 0 Å². The Hall–Kier alpha value is -0.770. The van der Waals surface area contributed by atoms with Crippen LogP contribution in [0.3, 0.4) is 0 Å². The van der Waals surface area contributed by atoms with E-state index in [9.17, 15) is 4.79 Å². The number of hydrogen-bond acceptors (Lipinski definition) is 4. The van der Waals surface area contributed by atoms with Crippen LogP contribution in [0.4, 0.5) is 4.79 Å². The molecule has 8 heavy (non-hydrogen) atoms. The van der Waals surface area contributed by atoms with E-state index in [-0.39, 0.29) is 0 Å². The minimum absolute atomic E-state index is 0.294. The van der Waals surface area contributed by atoms with Crippen molar-refractivity contribution in [3.8, 4) is 0 Å². The average molecular weight is 120 g/mol. The van der Waals surface area contributed by atoms with Crippen molar-refractivity contribution < 1.29 is 19.3 Å². The minimum atomic E-state index is -0.810. The fourth-order valence-electron chi connectivity index (χ4n) is 0.210. The molecule has 0 aromatic rings. The van der Waals surface area contributed by atoms with Gasteiger partial charge in [-0.25, -0.2) is 4.79 Å². The van der Waals surface area contributed by atoms with Crippen LogP contribution in [0.15, 0.2) is 0 Å². The Balaban J connectivity index is 3.06. The molecule has 0 radical (unpaired) electrons. The summed E-state index contributed by atoms with van der Waals surface area (Å²) in [6.45, 7) is 1.97. The molecule has 0 rings (SSSR count). The van der Waals surface area contributed by atoms with Gasteiger partial charge >= 0.3 is 6.16 Å². The first-order valence-corrected chi connectivity index (χ1v) is 2.18. The van der Waals surface area contributed by atoms with Gasteiger partial charge in [0, 0.05) is 0 Å². The van der Waals surface area contributed by atoms with Gasteiger partial charge < -0.3 is 4.74 Å². The van der Waals surface area contributed by atoms with Gasteiger partial charge in [0.15, 0.2) is 0 Å². The Labute approximate surface area is 47.3 Å². The lowest BCUT2D eigenvalue weighted by Gasteiger charge is -1.96. The summed E-state index contributed by atoms with van der Waals surface area (Å²) in [6, 6.07) is 0. The molecular weight excluding hydrogens is 112 g/mol. The second-order valence-corrected chi connectivity index (χ2v) is 0.933. The van der Waals surface area contributed by atoms with E-state index in [1.807, 2.05) is 0 Å². The molecule has 0 aliphatic heterocycles. The van der Waals surface area contributed by atoms with Gasteiger partial charge in [-0.1, -0.05) is 0 Å². The highest BCUT2D eigenvalue weighted by molar-refractivity contribution is 5.58. The summed E-state index contributed by atoms with van der Waals surface area (Å²) in [5, 5.41) is 0. The molecule has 0 aliphatic carbocycles. The smallest absolute Gasteiger partial charge is 0.433 e. The molecule has 0 heterocycles. The van der Waals surface area contributed by atoms with Crippen LogP contribution < -0.4 is 0 Å². The SMILES string of the molecule is CCOC(=O)OOC. The molecule has 0 saturated heterocycles. The average Bonchev–Trinajstić information content (AvgIpc) is 1.68. The Morgan fingerprint density at radius 2 is 2.25 bits per heavy atom. The molecule has 0 atom stereocenters. The van der Waals surface area contributed by atoms with Crippen molar-refractivity contribution in [2.75, 3.05) is 13.7 Å². The topological polar surface area (TPSA) is 44.8 Å². The number of ether oxygens (including phenoxy) is 1. The summed E-state index contributed by atoms with van der Waals surface area (Å²) < 4.78 is 4.30. The predicted molar refractivity (Wildman–Crippen MR) is 25.1 cm³/mol. The molecule has 48 valence electrons. The summed E-state index contributed by atoms with van der Waals surface area (Å²) in [6.07, 6.45) is -0.810. The zero-order valence-electron chi connectivity index (χ0n) is 4.84. The van der Waals surface area contributed by atoms with Crippen molar-refractivity contribution in [3.63, 3.8) is 0 Å². The third kappa shape index (κ3) is 3.42.